The van der Waals surface area contributed by atoms with E-state index < -0.39 is 12.2 Å². The van der Waals surface area contributed by atoms with Crippen LogP contribution in [-0.2, 0) is 0 Å². The Morgan fingerprint density at radius 3 is 2.85 bits per heavy atom. The number of aliphatic hydroxyl groups excluding tert-OH is 2. The molecule has 0 unspecified atom stereocenters. The summed E-state index contributed by atoms with van der Waals surface area (Å²) in [6, 6.07) is 5.26. The number of rotatable bonds is 1. The molecule has 20 heavy (non-hydrogen) atoms. The number of hydrogen-bond donors (Lipinski definition) is 2. The Labute approximate surface area is 121 Å². The van der Waals surface area contributed by atoms with Crippen molar-refractivity contribution >= 4 is 17.3 Å². The molecule has 1 saturated heterocycles. The van der Waals surface area contributed by atoms with Gasteiger partial charge in [-0.2, -0.15) is 10.4 Å². The first-order valence-corrected chi connectivity index (χ1v) is 6.81. The quantitative estimate of drug-likeness (QED) is 0.810. The molecule has 0 saturated carbocycles. The second-order valence-electron chi connectivity index (χ2n) is 5.22. The van der Waals surface area contributed by atoms with Crippen LogP contribution in [0, 0.1) is 18.3 Å². The van der Waals surface area contributed by atoms with Crippen LogP contribution in [0.3, 0.4) is 0 Å². The fraction of sp³-hybridized carbons (Fsp3) is 0.429. The Bertz CT molecular complexity index is 638. The van der Waals surface area contributed by atoms with Crippen molar-refractivity contribution < 1.29 is 10.2 Å². The molecule has 3 atom stereocenters. The number of hydrogen-bond acceptors (Lipinski definition) is 5. The van der Waals surface area contributed by atoms with E-state index in [4.69, 9.17) is 16.9 Å². The monoisotopic (exact) mass is 291 g/mol. The molecule has 1 aromatic carbocycles. The predicted molar refractivity (Wildman–Crippen MR) is 74.6 cm³/mol. The smallest absolute Gasteiger partial charge is 0.120 e. The van der Waals surface area contributed by atoms with E-state index in [9.17, 15) is 10.2 Å². The van der Waals surface area contributed by atoms with Gasteiger partial charge in [-0.1, -0.05) is 17.7 Å². The average molecular weight is 292 g/mol. The van der Waals surface area contributed by atoms with Crippen molar-refractivity contribution in [2.75, 3.05) is 6.54 Å². The fourth-order valence-electron chi connectivity index (χ4n) is 2.88. The maximum atomic E-state index is 10.4. The summed E-state index contributed by atoms with van der Waals surface area (Å²) >= 11 is 6.16. The molecule has 2 heterocycles. The zero-order valence-corrected chi connectivity index (χ0v) is 11.7. The number of benzene rings is 1. The summed E-state index contributed by atoms with van der Waals surface area (Å²) in [5.74, 6) is 0. The van der Waals surface area contributed by atoms with E-state index in [0.29, 0.717) is 29.3 Å². The summed E-state index contributed by atoms with van der Waals surface area (Å²) in [7, 11) is 0. The molecule has 104 valence electrons. The lowest BCUT2D eigenvalue weighted by Gasteiger charge is -2.16. The Morgan fingerprint density at radius 2 is 2.20 bits per heavy atom. The van der Waals surface area contributed by atoms with Crippen LogP contribution in [0.25, 0.3) is 0 Å². The SMILES string of the molecule is Cc1c(C2=NN3C[C@@H](O)C[C@H]3[C@@H]2O)ccc(C#N)c1Cl. The first-order chi connectivity index (χ1) is 9.52. The van der Waals surface area contributed by atoms with Crippen LogP contribution in [0.15, 0.2) is 17.2 Å². The highest BCUT2D eigenvalue weighted by Gasteiger charge is 2.43. The number of fused-ring (bicyclic) bond motifs is 1. The van der Waals surface area contributed by atoms with Gasteiger partial charge in [0.15, 0.2) is 0 Å². The van der Waals surface area contributed by atoms with Gasteiger partial charge in [-0.05, 0) is 18.6 Å². The van der Waals surface area contributed by atoms with Gasteiger partial charge in [-0.15, -0.1) is 0 Å². The number of halogens is 1. The van der Waals surface area contributed by atoms with Crippen LogP contribution in [0.5, 0.6) is 0 Å². The molecule has 0 radical (unpaired) electrons. The molecule has 6 heteroatoms. The Kier molecular flexibility index (Phi) is 3.17. The Balaban J connectivity index is 2.01. The lowest BCUT2D eigenvalue weighted by Crippen LogP contribution is -2.33. The van der Waals surface area contributed by atoms with Crippen molar-refractivity contribution in [3.05, 3.63) is 33.8 Å². The van der Waals surface area contributed by atoms with Crippen molar-refractivity contribution in [2.45, 2.75) is 31.6 Å². The third-order valence-corrected chi connectivity index (χ3v) is 4.44. The molecule has 1 aromatic rings. The lowest BCUT2D eigenvalue weighted by atomic mass is 9.95. The van der Waals surface area contributed by atoms with Crippen LogP contribution in [0.1, 0.15) is 23.1 Å². The number of aliphatic hydroxyl groups is 2. The molecule has 1 fully saturated rings. The minimum absolute atomic E-state index is 0.172. The summed E-state index contributed by atoms with van der Waals surface area (Å²) in [6.07, 6.45) is -0.669. The van der Waals surface area contributed by atoms with E-state index in [1.54, 1.807) is 17.1 Å². The maximum Gasteiger partial charge on any atom is 0.120 e. The largest absolute Gasteiger partial charge is 0.391 e. The minimum Gasteiger partial charge on any atom is -0.391 e. The van der Waals surface area contributed by atoms with Crippen molar-refractivity contribution in [1.29, 1.82) is 5.26 Å². The van der Waals surface area contributed by atoms with Gasteiger partial charge in [0.05, 0.1) is 35.0 Å². The summed E-state index contributed by atoms with van der Waals surface area (Å²) in [5.41, 5.74) is 2.47. The number of nitrogens with zero attached hydrogens (tertiary/aromatic N) is 3. The second kappa shape index (κ2) is 4.74. The summed E-state index contributed by atoms with van der Waals surface area (Å²) < 4.78 is 0. The van der Waals surface area contributed by atoms with Crippen molar-refractivity contribution in [3.63, 3.8) is 0 Å². The highest BCUT2D eigenvalue weighted by Crippen LogP contribution is 2.32. The van der Waals surface area contributed by atoms with Gasteiger partial charge in [0, 0.05) is 12.0 Å². The van der Waals surface area contributed by atoms with Crippen LogP contribution in [-0.4, -0.2) is 45.7 Å². The molecule has 0 bridgehead atoms. The Hall–Kier alpha value is -1.61. The normalized spacial score (nSPS) is 28.2. The molecule has 0 amide bonds. The third kappa shape index (κ3) is 1.88. The van der Waals surface area contributed by atoms with Crippen LogP contribution < -0.4 is 0 Å². The van der Waals surface area contributed by atoms with E-state index in [-0.39, 0.29) is 6.04 Å². The molecular formula is C14H14ClN3O2. The van der Waals surface area contributed by atoms with E-state index in [1.165, 1.54) is 0 Å². The topological polar surface area (TPSA) is 79.8 Å². The van der Waals surface area contributed by atoms with E-state index >= 15 is 0 Å². The van der Waals surface area contributed by atoms with Gasteiger partial charge in [-0.25, -0.2) is 0 Å². The molecule has 0 spiro atoms. The standard InChI is InChI=1S/C14H14ClN3O2/c1-7-10(3-2-8(5-16)12(7)15)13-14(20)11-4-9(19)6-18(11)17-13/h2-3,9,11,14,19-20H,4,6H2,1H3/t9-,11-,14-/m0/s1. The molecular weight excluding hydrogens is 278 g/mol. The zero-order chi connectivity index (χ0) is 14.4. The van der Waals surface area contributed by atoms with Gasteiger partial charge in [0.2, 0.25) is 0 Å². The highest BCUT2D eigenvalue weighted by atomic mass is 35.5. The first kappa shape index (κ1) is 13.4. The Morgan fingerprint density at radius 1 is 1.45 bits per heavy atom. The predicted octanol–water partition coefficient (Wildman–Crippen LogP) is 1.03. The van der Waals surface area contributed by atoms with Gasteiger partial charge < -0.3 is 10.2 Å². The van der Waals surface area contributed by atoms with Crippen LogP contribution in [0.2, 0.25) is 5.02 Å². The second-order valence-corrected chi connectivity index (χ2v) is 5.60. The summed E-state index contributed by atoms with van der Waals surface area (Å²) in [4.78, 5) is 0. The molecule has 5 nitrogen and oxygen atoms in total. The molecule has 2 aliphatic heterocycles. The highest BCUT2D eigenvalue weighted by molar-refractivity contribution is 6.33. The molecule has 2 N–H and O–H groups in total. The number of hydrazone groups is 1. The molecule has 3 rings (SSSR count). The van der Waals surface area contributed by atoms with Gasteiger partial charge in [0.1, 0.15) is 12.2 Å². The number of nitriles is 1. The summed E-state index contributed by atoms with van der Waals surface area (Å²) in [6.45, 7) is 2.25. The van der Waals surface area contributed by atoms with E-state index in [2.05, 4.69) is 5.10 Å². The third-order valence-electron chi connectivity index (χ3n) is 3.96. The van der Waals surface area contributed by atoms with Crippen LogP contribution >= 0.6 is 11.6 Å². The zero-order valence-electron chi connectivity index (χ0n) is 10.9. The van der Waals surface area contributed by atoms with E-state index in [0.717, 1.165) is 11.1 Å². The first-order valence-electron chi connectivity index (χ1n) is 6.43. The van der Waals surface area contributed by atoms with Crippen molar-refractivity contribution in [1.82, 2.24) is 5.01 Å². The van der Waals surface area contributed by atoms with Crippen LogP contribution in [0.4, 0.5) is 0 Å². The maximum absolute atomic E-state index is 10.4. The average Bonchev–Trinajstić information content (AvgIpc) is 2.92. The van der Waals surface area contributed by atoms with E-state index in [1.807, 2.05) is 13.0 Å². The van der Waals surface area contributed by atoms with Gasteiger partial charge >= 0.3 is 0 Å². The molecule has 0 aliphatic carbocycles. The fourth-order valence-corrected chi connectivity index (χ4v) is 3.08. The molecule has 2 aliphatic rings. The van der Waals surface area contributed by atoms with Gasteiger partial charge in [-0.3, -0.25) is 5.01 Å². The summed E-state index contributed by atoms with van der Waals surface area (Å²) in [5, 5.41) is 35.5. The lowest BCUT2D eigenvalue weighted by molar-refractivity contribution is 0.150. The molecule has 0 aromatic heterocycles. The van der Waals surface area contributed by atoms with Crippen molar-refractivity contribution in [2.24, 2.45) is 5.10 Å². The van der Waals surface area contributed by atoms with Crippen molar-refractivity contribution in [3.8, 4) is 6.07 Å². The minimum atomic E-state index is -0.741. The van der Waals surface area contributed by atoms with Gasteiger partial charge in [0.25, 0.3) is 0 Å².